The van der Waals surface area contributed by atoms with Crippen LogP contribution in [-0.2, 0) is 4.79 Å². The van der Waals surface area contributed by atoms with Crippen LogP contribution in [0, 0.1) is 0 Å². The van der Waals surface area contributed by atoms with E-state index in [0.29, 0.717) is 22.2 Å². The number of carbonyl (C=O) groups is 1. The summed E-state index contributed by atoms with van der Waals surface area (Å²) in [4.78, 5) is 26.4. The van der Waals surface area contributed by atoms with Crippen molar-refractivity contribution >= 4 is 34.3 Å². The summed E-state index contributed by atoms with van der Waals surface area (Å²) in [5.74, 6) is -0.316. The largest absolute Gasteiger partial charge is 0.463 e. The Morgan fingerprint density at radius 2 is 1.92 bits per heavy atom. The lowest BCUT2D eigenvalue weighted by Crippen LogP contribution is -2.11. The maximum Gasteiger partial charge on any atom is 0.248 e. The second-order valence-corrected chi connectivity index (χ2v) is 5.78. The van der Waals surface area contributed by atoms with Gasteiger partial charge in [0.1, 0.15) is 11.8 Å². The molecule has 25 heavy (non-hydrogen) atoms. The summed E-state index contributed by atoms with van der Waals surface area (Å²) in [6.07, 6.45) is 4.15. The van der Waals surface area contributed by atoms with Crippen molar-refractivity contribution in [2.45, 2.75) is 0 Å². The highest BCUT2D eigenvalue weighted by molar-refractivity contribution is 6.02. The molecule has 0 bridgehead atoms. The third-order valence-corrected chi connectivity index (χ3v) is 3.75. The Hall–Kier alpha value is -3.34. The molecule has 0 fully saturated rings. The molecule has 0 spiro atoms. The van der Waals surface area contributed by atoms with Crippen molar-refractivity contribution in [3.63, 3.8) is 0 Å². The number of rotatable bonds is 4. The highest BCUT2D eigenvalue weighted by Crippen LogP contribution is 2.17. The summed E-state index contributed by atoms with van der Waals surface area (Å²) < 4.78 is 5.43. The molecule has 1 heterocycles. The van der Waals surface area contributed by atoms with E-state index in [9.17, 15) is 9.59 Å². The van der Waals surface area contributed by atoms with Crippen molar-refractivity contribution in [1.82, 2.24) is 0 Å². The molecule has 1 amide bonds. The van der Waals surface area contributed by atoms with E-state index in [4.69, 9.17) is 4.42 Å². The average molecular weight is 334 g/mol. The lowest BCUT2D eigenvalue weighted by molar-refractivity contribution is -0.111. The smallest absolute Gasteiger partial charge is 0.248 e. The van der Waals surface area contributed by atoms with E-state index in [2.05, 4.69) is 5.32 Å². The Bertz CT molecular complexity index is 1000. The monoisotopic (exact) mass is 334 g/mol. The number of anilines is 2. The van der Waals surface area contributed by atoms with Gasteiger partial charge in [-0.05, 0) is 36.4 Å². The number of nitrogens with one attached hydrogen (secondary N) is 1. The minimum absolute atomic E-state index is 0.166. The Labute approximate surface area is 145 Å². The summed E-state index contributed by atoms with van der Waals surface area (Å²) in [6.45, 7) is 0. The zero-order chi connectivity index (χ0) is 17.8. The highest BCUT2D eigenvalue weighted by atomic mass is 16.3. The molecule has 1 N–H and O–H groups in total. The number of hydrogen-bond acceptors (Lipinski definition) is 4. The van der Waals surface area contributed by atoms with E-state index >= 15 is 0 Å². The van der Waals surface area contributed by atoms with Crippen LogP contribution in [0.5, 0.6) is 0 Å². The maximum absolute atomic E-state index is 12.4. The van der Waals surface area contributed by atoms with Crippen LogP contribution in [0.3, 0.4) is 0 Å². The minimum atomic E-state index is -0.316. The highest BCUT2D eigenvalue weighted by Gasteiger charge is 2.05. The molecule has 0 saturated heterocycles. The van der Waals surface area contributed by atoms with E-state index < -0.39 is 0 Å². The quantitative estimate of drug-likeness (QED) is 0.742. The maximum atomic E-state index is 12.4. The van der Waals surface area contributed by atoms with E-state index in [0.717, 1.165) is 5.69 Å². The summed E-state index contributed by atoms with van der Waals surface area (Å²) >= 11 is 0. The van der Waals surface area contributed by atoms with E-state index in [1.54, 1.807) is 24.3 Å². The van der Waals surface area contributed by atoms with E-state index in [1.807, 2.05) is 43.3 Å². The Kier molecular flexibility index (Phi) is 4.66. The van der Waals surface area contributed by atoms with Crippen molar-refractivity contribution < 1.29 is 9.21 Å². The van der Waals surface area contributed by atoms with Gasteiger partial charge in [0.15, 0.2) is 5.43 Å². The predicted molar refractivity (Wildman–Crippen MR) is 101 cm³/mol. The van der Waals surface area contributed by atoms with Gasteiger partial charge in [0.25, 0.3) is 0 Å². The predicted octanol–water partition coefficient (Wildman–Crippen LogP) is 3.51. The van der Waals surface area contributed by atoms with Crippen LogP contribution in [-0.4, -0.2) is 20.0 Å². The molecule has 0 aliphatic carbocycles. The second kappa shape index (κ2) is 7.05. The number of para-hydroxylation sites is 1. The molecule has 1 aromatic heterocycles. The first-order chi connectivity index (χ1) is 12.0. The van der Waals surface area contributed by atoms with Crippen molar-refractivity contribution in [2.75, 3.05) is 24.3 Å². The molecule has 3 aromatic rings. The first kappa shape index (κ1) is 16.5. The molecular formula is C20H18N2O3. The van der Waals surface area contributed by atoms with Crippen LogP contribution in [0.1, 0.15) is 5.56 Å². The zero-order valence-corrected chi connectivity index (χ0v) is 14.0. The third-order valence-electron chi connectivity index (χ3n) is 3.75. The molecule has 5 heteroatoms. The number of fused-ring (bicyclic) bond motifs is 1. The van der Waals surface area contributed by atoms with Crippen molar-refractivity contribution in [3.05, 3.63) is 76.7 Å². The molecule has 0 saturated carbocycles. The summed E-state index contributed by atoms with van der Waals surface area (Å²) in [5.41, 5.74) is 2.36. The van der Waals surface area contributed by atoms with Crippen LogP contribution < -0.4 is 15.6 Å². The second-order valence-electron chi connectivity index (χ2n) is 5.78. The third kappa shape index (κ3) is 3.77. The Balaban J connectivity index is 1.78. The molecule has 5 nitrogen and oxygen atoms in total. The van der Waals surface area contributed by atoms with Gasteiger partial charge < -0.3 is 14.6 Å². The lowest BCUT2D eigenvalue weighted by atomic mass is 10.1. The molecule has 0 unspecified atom stereocenters. The van der Waals surface area contributed by atoms with Gasteiger partial charge in [0.05, 0.1) is 10.9 Å². The topological polar surface area (TPSA) is 62.6 Å². The molecule has 0 aliphatic heterocycles. The van der Waals surface area contributed by atoms with Gasteiger partial charge in [0.2, 0.25) is 5.91 Å². The fourth-order valence-electron chi connectivity index (χ4n) is 2.42. The fourth-order valence-corrected chi connectivity index (χ4v) is 2.42. The molecule has 3 rings (SSSR count). The van der Waals surface area contributed by atoms with Crippen molar-refractivity contribution in [3.8, 4) is 0 Å². The number of amides is 1. The first-order valence-corrected chi connectivity index (χ1v) is 7.81. The summed E-state index contributed by atoms with van der Waals surface area (Å²) in [6, 6.07) is 14.5. The number of hydrogen-bond donors (Lipinski definition) is 1. The van der Waals surface area contributed by atoms with Crippen LogP contribution in [0.2, 0.25) is 0 Å². The molecular weight excluding hydrogens is 316 g/mol. The lowest BCUT2D eigenvalue weighted by Gasteiger charge is -2.13. The normalized spacial score (nSPS) is 11.0. The first-order valence-electron chi connectivity index (χ1n) is 7.81. The summed E-state index contributed by atoms with van der Waals surface area (Å²) in [5, 5.41) is 3.27. The van der Waals surface area contributed by atoms with Gasteiger partial charge in [-0.3, -0.25) is 9.59 Å². The minimum Gasteiger partial charge on any atom is -0.463 e. The van der Waals surface area contributed by atoms with Crippen LogP contribution >= 0.6 is 0 Å². The van der Waals surface area contributed by atoms with Gasteiger partial charge in [-0.1, -0.05) is 18.2 Å². The standard InChI is InChI=1S/C20H18N2O3/c1-22(2)16-7-5-6-15(12-16)21-19(23)11-10-14-13-25-18-9-4-3-8-17(18)20(14)24/h3-13H,1-2H3,(H,21,23)/b11-10+. The van der Waals surface area contributed by atoms with Crippen LogP contribution in [0.4, 0.5) is 11.4 Å². The zero-order valence-electron chi connectivity index (χ0n) is 14.0. The van der Waals surface area contributed by atoms with E-state index in [1.165, 1.54) is 18.4 Å². The van der Waals surface area contributed by atoms with Crippen molar-refractivity contribution in [1.29, 1.82) is 0 Å². The molecule has 0 radical (unpaired) electrons. The number of nitrogens with zero attached hydrogens (tertiary/aromatic N) is 1. The molecule has 0 atom stereocenters. The van der Waals surface area contributed by atoms with Gasteiger partial charge >= 0.3 is 0 Å². The van der Waals surface area contributed by atoms with E-state index in [-0.39, 0.29) is 11.3 Å². The number of carbonyl (C=O) groups excluding carboxylic acids is 1. The van der Waals surface area contributed by atoms with Gasteiger partial charge in [0, 0.05) is 31.5 Å². The number of benzene rings is 2. The molecule has 126 valence electrons. The molecule has 0 aliphatic rings. The van der Waals surface area contributed by atoms with Gasteiger partial charge in [-0.2, -0.15) is 0 Å². The van der Waals surface area contributed by atoms with Crippen molar-refractivity contribution in [2.24, 2.45) is 0 Å². The average Bonchev–Trinajstić information content (AvgIpc) is 2.61. The SMILES string of the molecule is CN(C)c1cccc(NC(=O)/C=C/c2coc3ccccc3c2=O)c1. The summed E-state index contributed by atoms with van der Waals surface area (Å²) in [7, 11) is 3.86. The van der Waals surface area contributed by atoms with Gasteiger partial charge in [-0.15, -0.1) is 0 Å². The van der Waals surface area contributed by atoms with Gasteiger partial charge in [-0.25, -0.2) is 0 Å². The van der Waals surface area contributed by atoms with Crippen LogP contribution in [0.15, 0.2) is 70.1 Å². The Morgan fingerprint density at radius 3 is 2.72 bits per heavy atom. The fraction of sp³-hybridized carbons (Fsp3) is 0.100. The van der Waals surface area contributed by atoms with Crippen LogP contribution in [0.25, 0.3) is 17.0 Å². The Morgan fingerprint density at radius 1 is 1.12 bits per heavy atom. The molecule has 2 aromatic carbocycles.